The van der Waals surface area contributed by atoms with Crippen LogP contribution >= 0.6 is 0 Å². The molecular formula is C21H23FN4O2. The zero-order valence-corrected chi connectivity index (χ0v) is 15.8. The molecule has 1 unspecified atom stereocenters. The van der Waals surface area contributed by atoms with E-state index < -0.39 is 0 Å². The molecule has 2 aromatic carbocycles. The van der Waals surface area contributed by atoms with Gasteiger partial charge in [0.05, 0.1) is 13.2 Å². The van der Waals surface area contributed by atoms with E-state index in [9.17, 15) is 4.39 Å². The van der Waals surface area contributed by atoms with Gasteiger partial charge in [0, 0.05) is 31.2 Å². The maximum atomic E-state index is 13.7. The number of rotatable bonds is 6. The first-order valence-corrected chi connectivity index (χ1v) is 9.49. The number of piperazine rings is 1. The lowest BCUT2D eigenvalue weighted by atomic mass is 10.0. The highest BCUT2D eigenvalue weighted by Crippen LogP contribution is 2.25. The molecule has 1 aliphatic rings. The summed E-state index contributed by atoms with van der Waals surface area (Å²) in [6.07, 6.45) is 0. The molecule has 6 nitrogen and oxygen atoms in total. The van der Waals surface area contributed by atoms with Crippen LogP contribution in [-0.2, 0) is 6.54 Å². The SMILES string of the molecule is CCOc1ccc(-c2noc(CN3CCNCC3c3cccc(F)c3)n2)cc1. The second kappa shape index (κ2) is 8.50. The Bertz CT molecular complexity index is 913. The number of nitrogens with zero attached hydrogens (tertiary/aromatic N) is 3. The minimum Gasteiger partial charge on any atom is -0.494 e. The van der Waals surface area contributed by atoms with Crippen LogP contribution in [0.5, 0.6) is 5.75 Å². The van der Waals surface area contributed by atoms with Crippen molar-refractivity contribution in [3.05, 3.63) is 65.8 Å². The summed E-state index contributed by atoms with van der Waals surface area (Å²) in [5.41, 5.74) is 1.82. The standard InChI is InChI=1S/C21H23FN4O2/c1-2-27-18-8-6-15(7-9-18)21-24-20(28-25-21)14-26-11-10-23-13-19(26)16-4-3-5-17(22)12-16/h3-9,12,19,23H,2,10-11,13-14H2,1H3. The van der Waals surface area contributed by atoms with Crippen molar-refractivity contribution >= 4 is 0 Å². The molecule has 146 valence electrons. The molecule has 1 fully saturated rings. The van der Waals surface area contributed by atoms with Crippen molar-refractivity contribution in [3.8, 4) is 17.1 Å². The second-order valence-electron chi connectivity index (χ2n) is 6.71. The lowest BCUT2D eigenvalue weighted by Crippen LogP contribution is -2.45. The molecule has 3 aromatic rings. The smallest absolute Gasteiger partial charge is 0.241 e. The third-order valence-electron chi connectivity index (χ3n) is 4.82. The Balaban J connectivity index is 1.49. The van der Waals surface area contributed by atoms with Crippen LogP contribution in [0.2, 0.25) is 0 Å². The molecule has 0 radical (unpaired) electrons. The fourth-order valence-electron chi connectivity index (χ4n) is 3.46. The normalized spacial score (nSPS) is 17.6. The molecule has 4 rings (SSSR count). The van der Waals surface area contributed by atoms with Gasteiger partial charge in [-0.2, -0.15) is 4.98 Å². The van der Waals surface area contributed by atoms with Gasteiger partial charge < -0.3 is 14.6 Å². The van der Waals surface area contributed by atoms with Crippen LogP contribution in [0.3, 0.4) is 0 Å². The van der Waals surface area contributed by atoms with Crippen LogP contribution in [0.1, 0.15) is 24.4 Å². The molecule has 0 saturated carbocycles. The number of ether oxygens (including phenoxy) is 1. The van der Waals surface area contributed by atoms with E-state index in [-0.39, 0.29) is 11.9 Å². The molecule has 1 N–H and O–H groups in total. The Hall–Kier alpha value is -2.77. The average molecular weight is 382 g/mol. The van der Waals surface area contributed by atoms with Crippen LogP contribution in [0.15, 0.2) is 53.1 Å². The van der Waals surface area contributed by atoms with Crippen LogP contribution in [0.4, 0.5) is 4.39 Å². The molecule has 1 aromatic heterocycles. The largest absolute Gasteiger partial charge is 0.494 e. The third-order valence-corrected chi connectivity index (χ3v) is 4.82. The molecule has 0 aliphatic carbocycles. The average Bonchev–Trinajstić information content (AvgIpc) is 3.18. The summed E-state index contributed by atoms with van der Waals surface area (Å²) in [5, 5.41) is 7.48. The molecule has 1 saturated heterocycles. The molecule has 7 heteroatoms. The Labute approximate surface area is 163 Å². The minimum absolute atomic E-state index is 0.0604. The number of halogens is 1. The summed E-state index contributed by atoms with van der Waals surface area (Å²) in [7, 11) is 0. The van der Waals surface area contributed by atoms with Crippen molar-refractivity contribution in [2.24, 2.45) is 0 Å². The number of nitrogens with one attached hydrogen (secondary N) is 1. The van der Waals surface area contributed by atoms with E-state index in [1.54, 1.807) is 12.1 Å². The zero-order chi connectivity index (χ0) is 19.3. The molecule has 1 atom stereocenters. The van der Waals surface area contributed by atoms with Gasteiger partial charge in [-0.1, -0.05) is 17.3 Å². The quantitative estimate of drug-likeness (QED) is 0.705. The van der Waals surface area contributed by atoms with Crippen molar-refractivity contribution < 1.29 is 13.7 Å². The molecule has 1 aliphatic heterocycles. The third kappa shape index (κ3) is 4.21. The summed E-state index contributed by atoms with van der Waals surface area (Å²) < 4.78 is 24.6. The van der Waals surface area contributed by atoms with E-state index in [1.165, 1.54) is 6.07 Å². The van der Waals surface area contributed by atoms with Crippen molar-refractivity contribution in [2.75, 3.05) is 26.2 Å². The van der Waals surface area contributed by atoms with E-state index in [2.05, 4.69) is 20.4 Å². The predicted molar refractivity (Wildman–Crippen MR) is 103 cm³/mol. The van der Waals surface area contributed by atoms with Gasteiger partial charge in [0.2, 0.25) is 11.7 Å². The summed E-state index contributed by atoms with van der Waals surface area (Å²) in [6, 6.07) is 14.4. The maximum absolute atomic E-state index is 13.7. The summed E-state index contributed by atoms with van der Waals surface area (Å²) in [6.45, 7) is 5.54. The molecule has 0 amide bonds. The van der Waals surface area contributed by atoms with E-state index in [0.717, 1.165) is 36.5 Å². The van der Waals surface area contributed by atoms with E-state index in [4.69, 9.17) is 9.26 Å². The Morgan fingerprint density at radius 3 is 2.89 bits per heavy atom. The van der Waals surface area contributed by atoms with E-state index >= 15 is 0 Å². The maximum Gasteiger partial charge on any atom is 0.241 e. The van der Waals surface area contributed by atoms with Gasteiger partial charge in [0.25, 0.3) is 0 Å². The van der Waals surface area contributed by atoms with Crippen LogP contribution in [-0.4, -0.2) is 41.3 Å². The van der Waals surface area contributed by atoms with Crippen molar-refractivity contribution in [1.29, 1.82) is 0 Å². The monoisotopic (exact) mass is 382 g/mol. The fourth-order valence-corrected chi connectivity index (χ4v) is 3.46. The van der Waals surface area contributed by atoms with Crippen molar-refractivity contribution in [1.82, 2.24) is 20.4 Å². The lowest BCUT2D eigenvalue weighted by molar-refractivity contribution is 0.135. The zero-order valence-electron chi connectivity index (χ0n) is 15.8. The molecule has 2 heterocycles. The summed E-state index contributed by atoms with van der Waals surface area (Å²) in [4.78, 5) is 6.78. The first-order chi connectivity index (χ1) is 13.7. The number of hydrogen-bond acceptors (Lipinski definition) is 6. The van der Waals surface area contributed by atoms with Gasteiger partial charge in [0.1, 0.15) is 11.6 Å². The van der Waals surface area contributed by atoms with Crippen molar-refractivity contribution in [3.63, 3.8) is 0 Å². The first kappa shape index (κ1) is 18.6. The lowest BCUT2D eigenvalue weighted by Gasteiger charge is -2.35. The molecule has 0 bridgehead atoms. The van der Waals surface area contributed by atoms with Gasteiger partial charge in [-0.3, -0.25) is 4.90 Å². The Morgan fingerprint density at radius 2 is 2.11 bits per heavy atom. The van der Waals surface area contributed by atoms with E-state index in [1.807, 2.05) is 37.3 Å². The molecule has 0 spiro atoms. The Kier molecular flexibility index (Phi) is 5.64. The van der Waals surface area contributed by atoms with Crippen molar-refractivity contribution in [2.45, 2.75) is 19.5 Å². The second-order valence-corrected chi connectivity index (χ2v) is 6.71. The van der Waals surface area contributed by atoms with Gasteiger partial charge in [0.15, 0.2) is 0 Å². The van der Waals surface area contributed by atoms with Crippen LogP contribution in [0.25, 0.3) is 11.4 Å². The van der Waals surface area contributed by atoms with Gasteiger partial charge in [-0.25, -0.2) is 4.39 Å². The molecular weight excluding hydrogens is 359 g/mol. The fraction of sp³-hybridized carbons (Fsp3) is 0.333. The number of benzene rings is 2. The van der Waals surface area contributed by atoms with E-state index in [0.29, 0.717) is 24.9 Å². The number of hydrogen-bond donors (Lipinski definition) is 1. The summed E-state index contributed by atoms with van der Waals surface area (Å²) in [5.74, 6) is 1.69. The number of aromatic nitrogens is 2. The first-order valence-electron chi connectivity index (χ1n) is 9.49. The topological polar surface area (TPSA) is 63.4 Å². The van der Waals surface area contributed by atoms with Crippen LogP contribution < -0.4 is 10.1 Å². The highest BCUT2D eigenvalue weighted by atomic mass is 19.1. The summed E-state index contributed by atoms with van der Waals surface area (Å²) >= 11 is 0. The van der Waals surface area contributed by atoms with Gasteiger partial charge in [-0.15, -0.1) is 0 Å². The van der Waals surface area contributed by atoms with Gasteiger partial charge in [-0.05, 0) is 48.9 Å². The van der Waals surface area contributed by atoms with Gasteiger partial charge >= 0.3 is 0 Å². The highest BCUT2D eigenvalue weighted by molar-refractivity contribution is 5.55. The van der Waals surface area contributed by atoms with Crippen LogP contribution in [0, 0.1) is 5.82 Å². The highest BCUT2D eigenvalue weighted by Gasteiger charge is 2.26. The minimum atomic E-state index is -0.224. The Morgan fingerprint density at radius 1 is 1.25 bits per heavy atom. The molecule has 28 heavy (non-hydrogen) atoms. The predicted octanol–water partition coefficient (Wildman–Crippen LogP) is 3.42.